The summed E-state index contributed by atoms with van der Waals surface area (Å²) in [5, 5.41) is 1.51. The van der Waals surface area contributed by atoms with E-state index in [1.54, 1.807) is 0 Å². The first-order valence-corrected chi connectivity index (χ1v) is 14.1. The van der Waals surface area contributed by atoms with Crippen molar-refractivity contribution in [2.75, 3.05) is 6.61 Å². The van der Waals surface area contributed by atoms with Crippen molar-refractivity contribution in [3.63, 3.8) is 0 Å². The third-order valence-electron chi connectivity index (χ3n) is 1.41. The molecule has 1 atom stereocenters. The molecule has 0 radical (unpaired) electrons. The standard InChI is InChI=1S/C4H12GeOSi/c7-5-3-1-2-4-6-5/h5H,1-4H2,7H3. The van der Waals surface area contributed by atoms with Crippen LogP contribution >= 0.6 is 0 Å². The summed E-state index contributed by atoms with van der Waals surface area (Å²) in [5.41, 5.74) is 0. The van der Waals surface area contributed by atoms with Crippen LogP contribution < -0.4 is 0 Å². The van der Waals surface area contributed by atoms with Crippen LogP contribution in [-0.2, 0) is 3.76 Å². The van der Waals surface area contributed by atoms with E-state index in [0.29, 0.717) is 0 Å². The first-order valence-electron chi connectivity index (χ1n) is 3.01. The Morgan fingerprint density at radius 3 is 2.57 bits per heavy atom. The Morgan fingerprint density at radius 2 is 2.29 bits per heavy atom. The fourth-order valence-electron chi connectivity index (χ4n) is 0.902. The van der Waals surface area contributed by atoms with Gasteiger partial charge < -0.3 is 0 Å². The molecule has 0 spiro atoms. The van der Waals surface area contributed by atoms with Gasteiger partial charge >= 0.3 is 51.3 Å². The Bertz CT molecular complexity index is 53.7. The van der Waals surface area contributed by atoms with Crippen molar-refractivity contribution < 1.29 is 3.76 Å². The quantitative estimate of drug-likeness (QED) is 0.448. The maximum absolute atomic E-state index is 5.53. The van der Waals surface area contributed by atoms with E-state index in [9.17, 15) is 0 Å². The average Bonchev–Trinajstić information content (AvgIpc) is 1.69. The molecule has 0 aromatic heterocycles. The van der Waals surface area contributed by atoms with E-state index in [4.69, 9.17) is 3.76 Å². The topological polar surface area (TPSA) is 9.23 Å². The van der Waals surface area contributed by atoms with Crippen LogP contribution in [0.4, 0.5) is 0 Å². The van der Waals surface area contributed by atoms with Crippen molar-refractivity contribution >= 4 is 22.8 Å². The van der Waals surface area contributed by atoms with E-state index in [1.165, 1.54) is 26.9 Å². The second-order valence-corrected chi connectivity index (χ2v) is 14.2. The van der Waals surface area contributed by atoms with E-state index in [-0.39, 0.29) is 0 Å². The molecule has 0 aromatic carbocycles. The van der Waals surface area contributed by atoms with Crippen LogP contribution in [0, 0.1) is 0 Å². The predicted molar refractivity (Wildman–Crippen MR) is 37.1 cm³/mol. The SMILES string of the molecule is [SiH3][GeH]1[CH2]CCC[O]1. The first kappa shape index (κ1) is 5.85. The molecule has 1 saturated heterocycles. The van der Waals surface area contributed by atoms with E-state index >= 15 is 0 Å². The summed E-state index contributed by atoms with van der Waals surface area (Å²) in [6.07, 6.45) is 2.82. The van der Waals surface area contributed by atoms with Gasteiger partial charge in [-0.1, -0.05) is 0 Å². The van der Waals surface area contributed by atoms with Crippen molar-refractivity contribution in [3.8, 4) is 0 Å². The van der Waals surface area contributed by atoms with Crippen LogP contribution in [0.1, 0.15) is 12.8 Å². The second kappa shape index (κ2) is 2.89. The Balaban J connectivity index is 2.12. The van der Waals surface area contributed by atoms with Crippen LogP contribution in [-0.4, -0.2) is 29.4 Å². The number of rotatable bonds is 0. The molecule has 0 aromatic rings. The summed E-state index contributed by atoms with van der Waals surface area (Å²) in [6.45, 7) is 1.11. The Kier molecular flexibility index (Phi) is 2.42. The van der Waals surface area contributed by atoms with E-state index < -0.39 is 14.0 Å². The van der Waals surface area contributed by atoms with Crippen LogP contribution in [0.3, 0.4) is 0 Å². The Labute approximate surface area is 51.7 Å². The first-order chi connectivity index (χ1) is 3.39. The molecule has 7 heavy (non-hydrogen) atoms. The summed E-state index contributed by atoms with van der Waals surface area (Å²) < 4.78 is 5.53. The van der Waals surface area contributed by atoms with Crippen LogP contribution in [0.25, 0.3) is 0 Å². The van der Waals surface area contributed by atoms with Crippen molar-refractivity contribution in [3.05, 3.63) is 0 Å². The molecule has 3 heteroatoms. The molecule has 42 valence electrons. The molecule has 1 fully saturated rings. The summed E-state index contributed by atoms with van der Waals surface area (Å²) in [7, 11) is 1.42. The zero-order chi connectivity index (χ0) is 5.11. The number of hydrogen-bond donors (Lipinski definition) is 0. The summed E-state index contributed by atoms with van der Waals surface area (Å²) in [6, 6.07) is 0. The third kappa shape index (κ3) is 1.97. The van der Waals surface area contributed by atoms with Gasteiger partial charge in [0.1, 0.15) is 0 Å². The van der Waals surface area contributed by atoms with Gasteiger partial charge in [0, 0.05) is 0 Å². The molecule has 0 aliphatic carbocycles. The minimum atomic E-state index is -0.851. The number of hydrogen-bond acceptors (Lipinski definition) is 1. The van der Waals surface area contributed by atoms with Crippen LogP contribution in [0.2, 0.25) is 5.25 Å². The fraction of sp³-hybridized carbons (Fsp3) is 1.00. The molecular formula is C4H12GeOSi. The van der Waals surface area contributed by atoms with Gasteiger partial charge in [-0.15, -0.1) is 0 Å². The Morgan fingerprint density at radius 1 is 1.43 bits per heavy atom. The summed E-state index contributed by atoms with van der Waals surface area (Å²) >= 11 is -0.851. The van der Waals surface area contributed by atoms with Crippen molar-refractivity contribution in [2.24, 2.45) is 0 Å². The van der Waals surface area contributed by atoms with Gasteiger partial charge in [0.25, 0.3) is 0 Å². The van der Waals surface area contributed by atoms with E-state index in [2.05, 4.69) is 0 Å². The molecule has 1 rings (SSSR count). The Hall–Kier alpha value is 0.720. The average molecular weight is 177 g/mol. The maximum atomic E-state index is 5.53. The summed E-state index contributed by atoms with van der Waals surface area (Å²) in [5.74, 6) is 0. The van der Waals surface area contributed by atoms with E-state index in [0.717, 1.165) is 6.61 Å². The molecule has 1 aliphatic heterocycles. The fourth-order valence-corrected chi connectivity index (χ4v) is 7.60. The van der Waals surface area contributed by atoms with Crippen molar-refractivity contribution in [1.29, 1.82) is 0 Å². The molecule has 1 aliphatic rings. The zero-order valence-corrected chi connectivity index (χ0v) is 9.24. The molecule has 0 bridgehead atoms. The van der Waals surface area contributed by atoms with Gasteiger partial charge in [-0.3, -0.25) is 0 Å². The molecule has 0 saturated carbocycles. The molecule has 1 nitrogen and oxygen atoms in total. The molecular weight excluding hydrogens is 165 g/mol. The van der Waals surface area contributed by atoms with E-state index in [1.807, 2.05) is 0 Å². The van der Waals surface area contributed by atoms with Gasteiger partial charge in [0.05, 0.1) is 0 Å². The molecule has 0 N–H and O–H groups in total. The third-order valence-corrected chi connectivity index (χ3v) is 10.4. The van der Waals surface area contributed by atoms with Crippen molar-refractivity contribution in [1.82, 2.24) is 0 Å². The van der Waals surface area contributed by atoms with Gasteiger partial charge in [0.15, 0.2) is 0 Å². The van der Waals surface area contributed by atoms with Gasteiger partial charge in [-0.05, 0) is 0 Å². The zero-order valence-electron chi connectivity index (χ0n) is 4.81. The van der Waals surface area contributed by atoms with Crippen molar-refractivity contribution in [2.45, 2.75) is 18.1 Å². The van der Waals surface area contributed by atoms with Gasteiger partial charge in [0.2, 0.25) is 0 Å². The molecule has 1 unspecified atom stereocenters. The monoisotopic (exact) mass is 178 g/mol. The van der Waals surface area contributed by atoms with Gasteiger partial charge in [-0.2, -0.15) is 0 Å². The van der Waals surface area contributed by atoms with Gasteiger partial charge in [-0.25, -0.2) is 0 Å². The van der Waals surface area contributed by atoms with Crippen LogP contribution in [0.15, 0.2) is 0 Å². The minimum absolute atomic E-state index is 0.851. The molecule has 1 heterocycles. The summed E-state index contributed by atoms with van der Waals surface area (Å²) in [4.78, 5) is 0. The van der Waals surface area contributed by atoms with Crippen LogP contribution in [0.5, 0.6) is 0 Å². The molecule has 0 amide bonds. The second-order valence-electron chi connectivity index (χ2n) is 2.18. The predicted octanol–water partition coefficient (Wildman–Crippen LogP) is -0.617. The normalized spacial score (nSPS) is 33.4.